The largest absolute Gasteiger partial charge is 0.326 e. The van der Waals surface area contributed by atoms with Gasteiger partial charge in [-0.25, -0.2) is 14.8 Å². The minimum atomic E-state index is -0.262. The van der Waals surface area contributed by atoms with Crippen molar-refractivity contribution >= 4 is 22.6 Å². The summed E-state index contributed by atoms with van der Waals surface area (Å²) in [6.07, 6.45) is 1.92. The molecule has 2 aromatic heterocycles. The number of benzene rings is 2. The van der Waals surface area contributed by atoms with Crippen LogP contribution in [0.1, 0.15) is 11.3 Å². The van der Waals surface area contributed by atoms with Crippen molar-refractivity contribution in [3.05, 3.63) is 76.5 Å². The number of nitrogens with one attached hydrogen (secondary N) is 3. The van der Waals surface area contributed by atoms with Gasteiger partial charge in [-0.05, 0) is 42.8 Å². The van der Waals surface area contributed by atoms with Crippen LogP contribution in [0.5, 0.6) is 0 Å². The summed E-state index contributed by atoms with van der Waals surface area (Å²) < 4.78 is 0. The smallest absolute Gasteiger partial charge is 0.323 e. The van der Waals surface area contributed by atoms with Crippen LogP contribution in [0.15, 0.2) is 59.5 Å². The molecule has 1 amide bonds. The molecule has 2 heterocycles. The third-order valence-corrected chi connectivity index (χ3v) is 4.14. The number of anilines is 1. The van der Waals surface area contributed by atoms with Gasteiger partial charge in [0.05, 0.1) is 17.5 Å². The average molecular weight is 359 g/mol. The number of carbonyl (C=O) groups is 1. The number of H-pyrrole nitrogens is 2. The number of hydrogen-bond acceptors (Lipinski definition) is 4. The first-order chi connectivity index (χ1) is 13.1. The van der Waals surface area contributed by atoms with Gasteiger partial charge in [0, 0.05) is 23.1 Å². The van der Waals surface area contributed by atoms with E-state index in [0.29, 0.717) is 17.0 Å². The van der Waals surface area contributed by atoms with E-state index >= 15 is 0 Å². The zero-order valence-corrected chi connectivity index (χ0v) is 14.6. The molecule has 0 saturated heterocycles. The molecule has 0 spiro atoms. The summed E-state index contributed by atoms with van der Waals surface area (Å²) in [5.74, 6) is 0.475. The van der Waals surface area contributed by atoms with E-state index < -0.39 is 0 Å². The quantitative estimate of drug-likeness (QED) is 0.521. The lowest BCUT2D eigenvalue weighted by Gasteiger charge is -2.08. The molecule has 134 valence electrons. The minimum absolute atomic E-state index is 0.144. The number of rotatable bonds is 4. The van der Waals surface area contributed by atoms with Crippen LogP contribution in [0.2, 0.25) is 0 Å². The van der Waals surface area contributed by atoms with Gasteiger partial charge >= 0.3 is 5.69 Å². The van der Waals surface area contributed by atoms with E-state index in [0.717, 1.165) is 22.3 Å². The van der Waals surface area contributed by atoms with Gasteiger partial charge in [0.2, 0.25) is 5.91 Å². The SMILES string of the molecule is Cc1ccnc(-c2cccc(NC(=O)Cc3ccc4[nH]c(=O)[nH]c4c3)c2)n1. The van der Waals surface area contributed by atoms with Gasteiger partial charge in [-0.15, -0.1) is 0 Å². The van der Waals surface area contributed by atoms with Crippen LogP contribution in [0, 0.1) is 6.92 Å². The van der Waals surface area contributed by atoms with Crippen molar-refractivity contribution in [3.8, 4) is 11.4 Å². The zero-order chi connectivity index (χ0) is 18.8. The fourth-order valence-electron chi connectivity index (χ4n) is 2.90. The van der Waals surface area contributed by atoms with Crippen molar-refractivity contribution in [1.82, 2.24) is 19.9 Å². The van der Waals surface area contributed by atoms with E-state index in [-0.39, 0.29) is 18.0 Å². The van der Waals surface area contributed by atoms with Gasteiger partial charge in [-0.1, -0.05) is 18.2 Å². The average Bonchev–Trinajstić information content (AvgIpc) is 3.01. The highest BCUT2D eigenvalue weighted by molar-refractivity contribution is 5.93. The fraction of sp³-hybridized carbons (Fsp3) is 0.100. The number of nitrogens with zero attached hydrogens (tertiary/aromatic N) is 2. The van der Waals surface area contributed by atoms with Crippen LogP contribution in [0.4, 0.5) is 5.69 Å². The number of amides is 1. The molecule has 0 unspecified atom stereocenters. The Labute approximate surface area is 154 Å². The molecule has 0 aliphatic carbocycles. The maximum absolute atomic E-state index is 12.4. The number of hydrogen-bond donors (Lipinski definition) is 3. The molecular weight excluding hydrogens is 342 g/mol. The molecule has 4 aromatic rings. The van der Waals surface area contributed by atoms with E-state index in [1.807, 2.05) is 43.3 Å². The van der Waals surface area contributed by atoms with E-state index in [9.17, 15) is 9.59 Å². The molecule has 4 rings (SSSR count). The highest BCUT2D eigenvalue weighted by Gasteiger charge is 2.08. The minimum Gasteiger partial charge on any atom is -0.326 e. The summed E-state index contributed by atoms with van der Waals surface area (Å²) in [6, 6.07) is 14.7. The van der Waals surface area contributed by atoms with Crippen molar-refractivity contribution < 1.29 is 4.79 Å². The van der Waals surface area contributed by atoms with Gasteiger partial charge < -0.3 is 15.3 Å². The second kappa shape index (κ2) is 6.87. The Bertz CT molecular complexity index is 1190. The maximum atomic E-state index is 12.4. The molecule has 2 aromatic carbocycles. The predicted molar refractivity (Wildman–Crippen MR) is 103 cm³/mol. The summed E-state index contributed by atoms with van der Waals surface area (Å²) in [6.45, 7) is 1.91. The second-order valence-electron chi connectivity index (χ2n) is 6.29. The summed E-state index contributed by atoms with van der Waals surface area (Å²) >= 11 is 0. The van der Waals surface area contributed by atoms with E-state index in [2.05, 4.69) is 25.3 Å². The van der Waals surface area contributed by atoms with Gasteiger partial charge in [0.25, 0.3) is 0 Å². The Balaban J connectivity index is 1.50. The van der Waals surface area contributed by atoms with Crippen LogP contribution in [0.25, 0.3) is 22.4 Å². The zero-order valence-electron chi connectivity index (χ0n) is 14.6. The van der Waals surface area contributed by atoms with Crippen molar-refractivity contribution in [2.45, 2.75) is 13.3 Å². The van der Waals surface area contributed by atoms with Gasteiger partial charge in [0.1, 0.15) is 0 Å². The first-order valence-electron chi connectivity index (χ1n) is 8.48. The standard InChI is InChI=1S/C20H17N5O2/c1-12-7-8-21-19(22-12)14-3-2-4-15(11-14)23-18(26)10-13-5-6-16-17(9-13)25-20(27)24-16/h2-9,11H,10H2,1H3,(H,23,26)(H2,24,25,27). The number of fused-ring (bicyclic) bond motifs is 1. The van der Waals surface area contributed by atoms with Crippen molar-refractivity contribution in [1.29, 1.82) is 0 Å². The van der Waals surface area contributed by atoms with Gasteiger partial charge in [-0.2, -0.15) is 0 Å². The summed E-state index contributed by atoms with van der Waals surface area (Å²) in [7, 11) is 0. The molecule has 3 N–H and O–H groups in total. The van der Waals surface area contributed by atoms with Crippen LogP contribution >= 0.6 is 0 Å². The number of aromatic amines is 2. The van der Waals surface area contributed by atoms with Crippen LogP contribution in [0.3, 0.4) is 0 Å². The lowest BCUT2D eigenvalue weighted by Crippen LogP contribution is -2.14. The molecule has 0 fully saturated rings. The van der Waals surface area contributed by atoms with Gasteiger partial charge in [0.15, 0.2) is 5.82 Å². The Morgan fingerprint density at radius 1 is 1.07 bits per heavy atom. The Hall–Kier alpha value is -3.74. The maximum Gasteiger partial charge on any atom is 0.323 e. The summed E-state index contributed by atoms with van der Waals surface area (Å²) in [5.41, 5.74) is 4.35. The highest BCUT2D eigenvalue weighted by atomic mass is 16.1. The Morgan fingerprint density at radius 3 is 2.78 bits per heavy atom. The monoisotopic (exact) mass is 359 g/mol. The van der Waals surface area contributed by atoms with Crippen LogP contribution < -0.4 is 11.0 Å². The Kier molecular flexibility index (Phi) is 4.25. The second-order valence-corrected chi connectivity index (χ2v) is 6.29. The van der Waals surface area contributed by atoms with E-state index in [1.54, 1.807) is 18.3 Å². The fourth-order valence-corrected chi connectivity index (χ4v) is 2.90. The molecule has 7 nitrogen and oxygen atoms in total. The predicted octanol–water partition coefficient (Wildman–Crippen LogP) is 2.80. The third kappa shape index (κ3) is 3.77. The molecule has 0 aliphatic heterocycles. The lowest BCUT2D eigenvalue weighted by molar-refractivity contribution is -0.115. The van der Waals surface area contributed by atoms with E-state index in [1.165, 1.54) is 0 Å². The molecule has 7 heteroatoms. The summed E-state index contributed by atoms with van der Waals surface area (Å²) in [4.78, 5) is 37.8. The van der Waals surface area contributed by atoms with E-state index in [4.69, 9.17) is 0 Å². The number of carbonyl (C=O) groups excluding carboxylic acids is 1. The summed E-state index contributed by atoms with van der Waals surface area (Å²) in [5, 5.41) is 2.89. The molecule has 0 radical (unpaired) electrons. The topological polar surface area (TPSA) is 104 Å². The van der Waals surface area contributed by atoms with Crippen LogP contribution in [-0.2, 0) is 11.2 Å². The van der Waals surface area contributed by atoms with Crippen molar-refractivity contribution in [3.63, 3.8) is 0 Å². The lowest BCUT2D eigenvalue weighted by atomic mass is 10.1. The third-order valence-electron chi connectivity index (χ3n) is 4.14. The molecule has 0 atom stereocenters. The molecule has 0 saturated carbocycles. The first-order valence-corrected chi connectivity index (χ1v) is 8.48. The van der Waals surface area contributed by atoms with Crippen LogP contribution in [-0.4, -0.2) is 25.8 Å². The van der Waals surface area contributed by atoms with Crippen molar-refractivity contribution in [2.24, 2.45) is 0 Å². The normalized spacial score (nSPS) is 10.9. The number of imidazole rings is 1. The highest BCUT2D eigenvalue weighted by Crippen LogP contribution is 2.20. The molecule has 0 bridgehead atoms. The first kappa shape index (κ1) is 16.7. The van der Waals surface area contributed by atoms with Crippen molar-refractivity contribution in [2.75, 3.05) is 5.32 Å². The Morgan fingerprint density at radius 2 is 1.93 bits per heavy atom. The molecule has 0 aliphatic rings. The molecular formula is C20H17N5O2. The molecule has 27 heavy (non-hydrogen) atoms. The number of aromatic nitrogens is 4. The number of aryl methyl sites for hydroxylation is 1. The van der Waals surface area contributed by atoms with Gasteiger partial charge in [-0.3, -0.25) is 4.79 Å².